The number of thioether (sulfide) groups is 1. The second kappa shape index (κ2) is 6.25. The summed E-state index contributed by atoms with van der Waals surface area (Å²) in [6, 6.07) is 13.6. The van der Waals surface area contributed by atoms with Crippen LogP contribution in [-0.4, -0.2) is 19.9 Å². The predicted molar refractivity (Wildman–Crippen MR) is 78.2 cm³/mol. The van der Waals surface area contributed by atoms with E-state index in [0.29, 0.717) is 5.16 Å². The van der Waals surface area contributed by atoms with Gasteiger partial charge in [0.1, 0.15) is 0 Å². The van der Waals surface area contributed by atoms with E-state index in [-0.39, 0.29) is 5.25 Å². The zero-order valence-electron chi connectivity index (χ0n) is 10.6. The first kappa shape index (κ1) is 12.7. The van der Waals surface area contributed by atoms with Crippen molar-refractivity contribution in [3.8, 4) is 0 Å². The number of aromatic nitrogens is 4. The highest BCUT2D eigenvalue weighted by Gasteiger charge is 2.19. The summed E-state index contributed by atoms with van der Waals surface area (Å²) in [6.07, 6.45) is 7.06. The summed E-state index contributed by atoms with van der Waals surface area (Å²) in [5.41, 5.74) is 1.90. The molecule has 0 spiro atoms. The van der Waals surface area contributed by atoms with Crippen molar-refractivity contribution < 1.29 is 0 Å². The smallest absolute Gasteiger partial charge is 0.188 e. The maximum absolute atomic E-state index is 4.44. The highest BCUT2D eigenvalue weighted by Crippen LogP contribution is 2.36. The lowest BCUT2D eigenvalue weighted by molar-refractivity contribution is 0.936. The first-order chi connectivity index (χ1) is 9.93. The molecule has 0 aliphatic heterocycles. The van der Waals surface area contributed by atoms with Crippen LogP contribution in [0.25, 0.3) is 0 Å². The van der Waals surface area contributed by atoms with Gasteiger partial charge in [0.15, 0.2) is 5.16 Å². The van der Waals surface area contributed by atoms with E-state index in [4.69, 9.17) is 0 Å². The minimum Gasteiger partial charge on any atom is -0.260 e. The molecule has 0 saturated heterocycles. The molecule has 3 rings (SSSR count). The highest BCUT2D eigenvalue weighted by molar-refractivity contribution is 7.99. The van der Waals surface area contributed by atoms with Crippen LogP contribution in [0, 0.1) is 0 Å². The van der Waals surface area contributed by atoms with E-state index < -0.39 is 0 Å². The van der Waals surface area contributed by atoms with Crippen molar-refractivity contribution in [2.24, 2.45) is 0 Å². The Morgan fingerprint density at radius 1 is 0.650 bits per heavy atom. The Hall–Kier alpha value is -2.27. The summed E-state index contributed by atoms with van der Waals surface area (Å²) in [7, 11) is 0. The molecule has 3 heterocycles. The van der Waals surface area contributed by atoms with Crippen LogP contribution in [0.1, 0.15) is 16.6 Å². The van der Waals surface area contributed by atoms with Crippen LogP contribution >= 0.6 is 11.8 Å². The second-order valence-corrected chi connectivity index (χ2v) is 5.11. The third-order valence-corrected chi connectivity index (χ3v) is 3.82. The fourth-order valence-electron chi connectivity index (χ4n) is 1.79. The van der Waals surface area contributed by atoms with Crippen LogP contribution in [0.3, 0.4) is 0 Å². The number of rotatable bonds is 4. The van der Waals surface area contributed by atoms with E-state index in [0.717, 1.165) is 11.4 Å². The Labute approximate surface area is 121 Å². The van der Waals surface area contributed by atoms with Gasteiger partial charge in [-0.15, -0.1) is 0 Å². The molecule has 5 heteroatoms. The molecule has 0 amide bonds. The first-order valence-electron chi connectivity index (χ1n) is 6.19. The van der Waals surface area contributed by atoms with Gasteiger partial charge < -0.3 is 0 Å². The molecule has 0 aliphatic rings. The van der Waals surface area contributed by atoms with Gasteiger partial charge in [-0.25, -0.2) is 9.97 Å². The van der Waals surface area contributed by atoms with Gasteiger partial charge in [0.05, 0.1) is 16.6 Å². The Bertz CT molecular complexity index is 607. The van der Waals surface area contributed by atoms with E-state index in [2.05, 4.69) is 19.9 Å². The standard InChI is InChI=1S/C15H12N4S/c1-3-8-16-12(6-1)14(13-7-2-4-9-17-13)20-15-18-10-5-11-19-15/h1-11,14H. The highest BCUT2D eigenvalue weighted by atomic mass is 32.2. The molecule has 4 nitrogen and oxygen atoms in total. The summed E-state index contributed by atoms with van der Waals surface area (Å²) in [5.74, 6) is 0. The van der Waals surface area contributed by atoms with Crippen molar-refractivity contribution in [2.75, 3.05) is 0 Å². The zero-order valence-corrected chi connectivity index (χ0v) is 11.4. The van der Waals surface area contributed by atoms with E-state index >= 15 is 0 Å². The minimum atomic E-state index is -0.0141. The van der Waals surface area contributed by atoms with E-state index in [1.807, 2.05) is 36.4 Å². The van der Waals surface area contributed by atoms with Crippen LogP contribution in [0.2, 0.25) is 0 Å². The fraction of sp³-hybridized carbons (Fsp3) is 0.0667. The molecule has 0 aliphatic carbocycles. The third kappa shape index (κ3) is 3.00. The summed E-state index contributed by atoms with van der Waals surface area (Å²) in [5, 5.41) is 0.702. The van der Waals surface area contributed by atoms with Gasteiger partial charge in [-0.2, -0.15) is 0 Å². The lowest BCUT2D eigenvalue weighted by Gasteiger charge is -2.14. The molecule has 0 bridgehead atoms. The molecule has 0 radical (unpaired) electrons. The van der Waals surface area contributed by atoms with E-state index in [1.54, 1.807) is 42.6 Å². The average Bonchev–Trinajstić information content (AvgIpc) is 2.55. The minimum absolute atomic E-state index is 0.0141. The van der Waals surface area contributed by atoms with Crippen molar-refractivity contribution >= 4 is 11.8 Å². The molecule has 0 saturated carbocycles. The monoisotopic (exact) mass is 280 g/mol. The van der Waals surface area contributed by atoms with Crippen molar-refractivity contribution in [3.05, 3.63) is 78.6 Å². The molecule has 0 aromatic carbocycles. The topological polar surface area (TPSA) is 51.6 Å². The molecular formula is C15H12N4S. The normalized spacial score (nSPS) is 10.7. The number of hydrogen-bond acceptors (Lipinski definition) is 5. The molecular weight excluding hydrogens is 268 g/mol. The van der Waals surface area contributed by atoms with E-state index in [1.165, 1.54) is 0 Å². The molecule has 0 fully saturated rings. The summed E-state index contributed by atoms with van der Waals surface area (Å²) in [6.45, 7) is 0. The van der Waals surface area contributed by atoms with Gasteiger partial charge in [0, 0.05) is 24.8 Å². The SMILES string of the molecule is c1ccc(C(Sc2ncccn2)c2ccccn2)nc1. The number of hydrogen-bond donors (Lipinski definition) is 0. The van der Waals surface area contributed by atoms with E-state index in [9.17, 15) is 0 Å². The maximum atomic E-state index is 4.44. The predicted octanol–water partition coefficient (Wildman–Crippen LogP) is 3.15. The Balaban J connectivity index is 1.96. The number of nitrogens with zero attached hydrogens (tertiary/aromatic N) is 4. The molecule has 0 N–H and O–H groups in total. The first-order valence-corrected chi connectivity index (χ1v) is 7.07. The van der Waals surface area contributed by atoms with Gasteiger partial charge in [-0.05, 0) is 30.3 Å². The Kier molecular flexibility index (Phi) is 3.99. The fourth-order valence-corrected chi connectivity index (χ4v) is 2.76. The lowest BCUT2D eigenvalue weighted by Crippen LogP contribution is -2.02. The van der Waals surface area contributed by atoms with Crippen LogP contribution in [-0.2, 0) is 0 Å². The largest absolute Gasteiger partial charge is 0.260 e. The maximum Gasteiger partial charge on any atom is 0.188 e. The van der Waals surface area contributed by atoms with Gasteiger partial charge in [0.2, 0.25) is 0 Å². The van der Waals surface area contributed by atoms with Gasteiger partial charge in [0.25, 0.3) is 0 Å². The summed E-state index contributed by atoms with van der Waals surface area (Å²) < 4.78 is 0. The Morgan fingerprint density at radius 3 is 1.70 bits per heavy atom. The molecule has 3 aromatic rings. The second-order valence-electron chi connectivity index (χ2n) is 4.04. The van der Waals surface area contributed by atoms with Gasteiger partial charge in [-0.1, -0.05) is 23.9 Å². The van der Waals surface area contributed by atoms with Crippen molar-refractivity contribution in [3.63, 3.8) is 0 Å². The summed E-state index contributed by atoms with van der Waals surface area (Å²) >= 11 is 1.55. The third-order valence-electron chi connectivity index (χ3n) is 2.68. The zero-order chi connectivity index (χ0) is 13.6. The van der Waals surface area contributed by atoms with Crippen molar-refractivity contribution in [1.29, 1.82) is 0 Å². The average molecular weight is 280 g/mol. The quantitative estimate of drug-likeness (QED) is 0.543. The lowest BCUT2D eigenvalue weighted by atomic mass is 10.2. The van der Waals surface area contributed by atoms with Gasteiger partial charge in [-0.3, -0.25) is 9.97 Å². The van der Waals surface area contributed by atoms with Crippen LogP contribution in [0.5, 0.6) is 0 Å². The van der Waals surface area contributed by atoms with Crippen LogP contribution < -0.4 is 0 Å². The van der Waals surface area contributed by atoms with Gasteiger partial charge >= 0.3 is 0 Å². The van der Waals surface area contributed by atoms with Crippen LogP contribution in [0.15, 0.2) is 72.4 Å². The summed E-state index contributed by atoms with van der Waals surface area (Å²) in [4.78, 5) is 17.4. The molecule has 20 heavy (non-hydrogen) atoms. The van der Waals surface area contributed by atoms with Crippen molar-refractivity contribution in [1.82, 2.24) is 19.9 Å². The van der Waals surface area contributed by atoms with Crippen molar-refractivity contribution in [2.45, 2.75) is 10.4 Å². The number of pyridine rings is 2. The van der Waals surface area contributed by atoms with Crippen LogP contribution in [0.4, 0.5) is 0 Å². The Morgan fingerprint density at radius 2 is 1.20 bits per heavy atom. The molecule has 3 aromatic heterocycles. The molecule has 0 atom stereocenters. The molecule has 98 valence electrons. The molecule has 0 unspecified atom stereocenters.